The van der Waals surface area contributed by atoms with Crippen LogP contribution in [0.2, 0.25) is 10.0 Å². The van der Waals surface area contributed by atoms with Gasteiger partial charge in [0.05, 0.1) is 11.5 Å². The van der Waals surface area contributed by atoms with Crippen LogP contribution in [0.5, 0.6) is 0 Å². The van der Waals surface area contributed by atoms with E-state index in [-0.39, 0.29) is 12.5 Å². The zero-order valence-corrected chi connectivity index (χ0v) is 13.5. The third-order valence-electron chi connectivity index (χ3n) is 3.93. The van der Waals surface area contributed by atoms with E-state index in [4.69, 9.17) is 23.2 Å². The van der Waals surface area contributed by atoms with Crippen molar-refractivity contribution in [2.75, 3.05) is 19.6 Å². The summed E-state index contributed by atoms with van der Waals surface area (Å²) in [4.78, 5) is 12.3. The molecule has 1 saturated heterocycles. The minimum absolute atomic E-state index is 0.0584. The SMILES string of the molecule is CC1(C(=O)NCC(O)c2c(Cl)cccc2Cl)CCCNC1. The predicted octanol–water partition coefficient (Wildman–Crippen LogP) is 2.53. The van der Waals surface area contributed by atoms with Gasteiger partial charge in [-0.3, -0.25) is 4.79 Å². The molecule has 0 bridgehead atoms. The second-order valence-corrected chi connectivity index (χ2v) is 6.52. The molecule has 1 aliphatic rings. The molecule has 1 heterocycles. The van der Waals surface area contributed by atoms with Gasteiger partial charge < -0.3 is 15.7 Å². The van der Waals surface area contributed by atoms with E-state index in [0.717, 1.165) is 19.4 Å². The number of hydrogen-bond acceptors (Lipinski definition) is 3. The lowest BCUT2D eigenvalue weighted by Gasteiger charge is -2.33. The summed E-state index contributed by atoms with van der Waals surface area (Å²) < 4.78 is 0. The lowest BCUT2D eigenvalue weighted by molar-refractivity contribution is -0.131. The molecule has 4 nitrogen and oxygen atoms in total. The quantitative estimate of drug-likeness (QED) is 0.795. The Morgan fingerprint density at radius 3 is 2.71 bits per heavy atom. The highest BCUT2D eigenvalue weighted by molar-refractivity contribution is 6.36. The van der Waals surface area contributed by atoms with Crippen molar-refractivity contribution in [2.45, 2.75) is 25.9 Å². The normalized spacial score (nSPS) is 23.6. The van der Waals surface area contributed by atoms with Gasteiger partial charge in [0.1, 0.15) is 0 Å². The minimum Gasteiger partial charge on any atom is -0.386 e. The Labute approximate surface area is 134 Å². The fourth-order valence-corrected chi connectivity index (χ4v) is 3.23. The van der Waals surface area contributed by atoms with E-state index >= 15 is 0 Å². The van der Waals surface area contributed by atoms with Crippen LogP contribution in [-0.2, 0) is 4.79 Å². The maximum atomic E-state index is 12.3. The zero-order chi connectivity index (χ0) is 15.5. The molecule has 2 atom stereocenters. The smallest absolute Gasteiger partial charge is 0.227 e. The zero-order valence-electron chi connectivity index (χ0n) is 12.0. The summed E-state index contributed by atoms with van der Waals surface area (Å²) in [6.45, 7) is 3.63. The minimum atomic E-state index is -0.921. The van der Waals surface area contributed by atoms with E-state index in [1.54, 1.807) is 18.2 Å². The highest BCUT2D eigenvalue weighted by Gasteiger charge is 2.34. The third kappa shape index (κ3) is 3.89. The van der Waals surface area contributed by atoms with Crippen molar-refractivity contribution in [3.63, 3.8) is 0 Å². The van der Waals surface area contributed by atoms with Crippen LogP contribution in [0.4, 0.5) is 0 Å². The molecule has 0 saturated carbocycles. The lowest BCUT2D eigenvalue weighted by atomic mass is 9.82. The third-order valence-corrected chi connectivity index (χ3v) is 4.59. The Kier molecular flexibility index (Phi) is 5.49. The molecule has 1 amide bonds. The standard InChI is InChI=1S/C15H20Cl2N2O2/c1-15(6-3-7-18-9-15)14(21)19-8-12(20)13-10(16)4-2-5-11(13)17/h2,4-5,12,18,20H,3,6-9H2,1H3,(H,19,21). The Balaban J connectivity index is 1.97. The molecule has 0 spiro atoms. The van der Waals surface area contributed by atoms with Crippen molar-refractivity contribution in [1.29, 1.82) is 0 Å². The fraction of sp³-hybridized carbons (Fsp3) is 0.533. The van der Waals surface area contributed by atoms with Crippen LogP contribution in [0, 0.1) is 5.41 Å². The molecule has 6 heteroatoms. The first-order chi connectivity index (χ1) is 9.94. The van der Waals surface area contributed by atoms with Crippen molar-refractivity contribution in [3.05, 3.63) is 33.8 Å². The monoisotopic (exact) mass is 330 g/mol. The molecule has 116 valence electrons. The van der Waals surface area contributed by atoms with E-state index < -0.39 is 11.5 Å². The van der Waals surface area contributed by atoms with Crippen molar-refractivity contribution < 1.29 is 9.90 Å². The average Bonchev–Trinajstić information content (AvgIpc) is 2.45. The molecule has 21 heavy (non-hydrogen) atoms. The van der Waals surface area contributed by atoms with E-state index in [9.17, 15) is 9.90 Å². The van der Waals surface area contributed by atoms with Crippen molar-refractivity contribution in [3.8, 4) is 0 Å². The number of benzene rings is 1. The largest absolute Gasteiger partial charge is 0.386 e. The molecule has 1 aromatic rings. The van der Waals surface area contributed by atoms with Crippen LogP contribution in [0.25, 0.3) is 0 Å². The predicted molar refractivity (Wildman–Crippen MR) is 84.6 cm³/mol. The maximum Gasteiger partial charge on any atom is 0.227 e. The highest BCUT2D eigenvalue weighted by Crippen LogP contribution is 2.30. The summed E-state index contributed by atoms with van der Waals surface area (Å²) in [7, 11) is 0. The van der Waals surface area contributed by atoms with Gasteiger partial charge in [-0.15, -0.1) is 0 Å². The van der Waals surface area contributed by atoms with E-state index in [2.05, 4.69) is 10.6 Å². The molecule has 1 aromatic carbocycles. The number of halogens is 2. The summed E-state index contributed by atoms with van der Waals surface area (Å²) in [6.07, 6.45) is 0.896. The van der Waals surface area contributed by atoms with Crippen LogP contribution in [0.1, 0.15) is 31.4 Å². The molecule has 0 radical (unpaired) electrons. The molecule has 0 aliphatic carbocycles. The molecule has 3 N–H and O–H groups in total. The molecule has 1 aliphatic heterocycles. The number of carbonyl (C=O) groups excluding carboxylic acids is 1. The molecule has 2 rings (SSSR count). The number of rotatable bonds is 4. The van der Waals surface area contributed by atoms with Gasteiger partial charge in [0.2, 0.25) is 5.91 Å². The van der Waals surface area contributed by atoms with Crippen LogP contribution >= 0.6 is 23.2 Å². The second-order valence-electron chi connectivity index (χ2n) is 5.70. The Hall–Kier alpha value is -0.810. The summed E-state index contributed by atoms with van der Waals surface area (Å²) in [5.74, 6) is -0.0584. The number of amides is 1. The summed E-state index contributed by atoms with van der Waals surface area (Å²) in [5, 5.41) is 17.0. The van der Waals surface area contributed by atoms with Gasteiger partial charge in [0, 0.05) is 28.7 Å². The van der Waals surface area contributed by atoms with E-state index in [0.29, 0.717) is 22.2 Å². The molecule has 2 unspecified atom stereocenters. The van der Waals surface area contributed by atoms with Gasteiger partial charge in [-0.2, -0.15) is 0 Å². The van der Waals surface area contributed by atoms with Gasteiger partial charge in [0.15, 0.2) is 0 Å². The van der Waals surface area contributed by atoms with Gasteiger partial charge >= 0.3 is 0 Å². The van der Waals surface area contributed by atoms with Crippen molar-refractivity contribution >= 4 is 29.1 Å². The Bertz CT molecular complexity index is 496. The molecular formula is C15H20Cl2N2O2. The van der Waals surface area contributed by atoms with Gasteiger partial charge in [-0.05, 0) is 38.4 Å². The van der Waals surface area contributed by atoms with Crippen LogP contribution < -0.4 is 10.6 Å². The maximum absolute atomic E-state index is 12.3. The number of nitrogens with one attached hydrogen (secondary N) is 2. The molecule has 1 fully saturated rings. The summed E-state index contributed by atoms with van der Waals surface area (Å²) >= 11 is 12.1. The first-order valence-electron chi connectivity index (χ1n) is 7.05. The summed E-state index contributed by atoms with van der Waals surface area (Å²) in [6, 6.07) is 5.05. The van der Waals surface area contributed by atoms with Crippen LogP contribution in [-0.4, -0.2) is 30.6 Å². The number of carbonyl (C=O) groups is 1. The van der Waals surface area contributed by atoms with Gasteiger partial charge in [0.25, 0.3) is 0 Å². The number of piperidine rings is 1. The highest BCUT2D eigenvalue weighted by atomic mass is 35.5. The lowest BCUT2D eigenvalue weighted by Crippen LogP contribution is -2.49. The Morgan fingerprint density at radius 1 is 1.48 bits per heavy atom. The van der Waals surface area contributed by atoms with Crippen molar-refractivity contribution in [1.82, 2.24) is 10.6 Å². The number of hydrogen-bond donors (Lipinski definition) is 3. The Morgan fingerprint density at radius 2 is 2.14 bits per heavy atom. The molecule has 0 aromatic heterocycles. The molecular weight excluding hydrogens is 311 g/mol. The van der Waals surface area contributed by atoms with Gasteiger partial charge in [-0.1, -0.05) is 29.3 Å². The fourth-order valence-electron chi connectivity index (χ4n) is 2.58. The topological polar surface area (TPSA) is 61.4 Å². The van der Waals surface area contributed by atoms with Crippen molar-refractivity contribution in [2.24, 2.45) is 5.41 Å². The second kappa shape index (κ2) is 6.97. The van der Waals surface area contributed by atoms with Gasteiger partial charge in [-0.25, -0.2) is 0 Å². The van der Waals surface area contributed by atoms with Crippen LogP contribution in [0.15, 0.2) is 18.2 Å². The van der Waals surface area contributed by atoms with E-state index in [1.807, 2.05) is 6.92 Å². The summed E-state index contributed by atoms with van der Waals surface area (Å²) in [5.41, 5.74) is 0.0236. The first kappa shape index (κ1) is 16.6. The number of aliphatic hydroxyl groups is 1. The number of aliphatic hydroxyl groups excluding tert-OH is 1. The van der Waals surface area contributed by atoms with E-state index in [1.165, 1.54) is 0 Å². The average molecular weight is 331 g/mol. The first-order valence-corrected chi connectivity index (χ1v) is 7.80. The van der Waals surface area contributed by atoms with Crippen LogP contribution in [0.3, 0.4) is 0 Å².